The molecule has 1 saturated heterocycles. The first-order chi connectivity index (χ1) is 16.8. The number of nitrogens with one attached hydrogen (secondary N) is 2. The van der Waals surface area contributed by atoms with Gasteiger partial charge >= 0.3 is 6.61 Å². The lowest BCUT2D eigenvalue weighted by Gasteiger charge is -2.50. The fourth-order valence-corrected chi connectivity index (χ4v) is 4.55. The highest BCUT2D eigenvalue weighted by Crippen LogP contribution is 2.40. The molecule has 0 aliphatic carbocycles. The summed E-state index contributed by atoms with van der Waals surface area (Å²) in [6, 6.07) is 11.1. The lowest BCUT2D eigenvalue weighted by molar-refractivity contribution is -0.128. The molecule has 2 aromatic heterocycles. The zero-order valence-electron chi connectivity index (χ0n) is 20.0. The number of likely N-dealkylation sites (tertiary alicyclic amines) is 1. The number of carbonyl (C=O) groups excluding carboxylic acids is 1. The van der Waals surface area contributed by atoms with E-state index in [1.54, 1.807) is 19.1 Å². The number of benzene rings is 1. The average Bonchev–Trinajstić information content (AvgIpc) is 3.30. The van der Waals surface area contributed by atoms with Crippen molar-refractivity contribution in [2.45, 2.75) is 51.6 Å². The Morgan fingerprint density at radius 2 is 2.00 bits per heavy atom. The monoisotopic (exact) mass is 485 g/mol. The van der Waals surface area contributed by atoms with Crippen LogP contribution < -0.4 is 10.1 Å². The van der Waals surface area contributed by atoms with Crippen LogP contribution in [0.5, 0.6) is 5.88 Å². The summed E-state index contributed by atoms with van der Waals surface area (Å²) in [6.07, 6.45) is 1.53. The van der Waals surface area contributed by atoms with E-state index in [1.165, 1.54) is 0 Å². The average molecular weight is 486 g/mol. The number of hydrogen-bond acceptors (Lipinski definition) is 7. The summed E-state index contributed by atoms with van der Waals surface area (Å²) in [4.78, 5) is 20.0. The number of carbonyl (C=O) groups is 1. The highest BCUT2D eigenvalue weighted by molar-refractivity contribution is 6.01. The number of ether oxygens (including phenoxy) is 1. The highest BCUT2D eigenvalue weighted by atomic mass is 19.3. The van der Waals surface area contributed by atoms with Gasteiger partial charge in [-0.1, -0.05) is 38.1 Å². The van der Waals surface area contributed by atoms with Crippen molar-refractivity contribution >= 4 is 11.6 Å². The van der Waals surface area contributed by atoms with E-state index in [2.05, 4.69) is 54.4 Å². The van der Waals surface area contributed by atoms with Crippen molar-refractivity contribution in [2.24, 2.45) is 0 Å². The first-order valence-electron chi connectivity index (χ1n) is 11.6. The molecule has 0 bridgehead atoms. The Hall–Kier alpha value is -3.47. The van der Waals surface area contributed by atoms with Crippen LogP contribution in [-0.4, -0.2) is 62.7 Å². The molecular formula is C24H29F2N7O2. The maximum atomic E-state index is 13.8. The molecule has 35 heavy (non-hydrogen) atoms. The summed E-state index contributed by atoms with van der Waals surface area (Å²) < 4.78 is 30.5. The van der Waals surface area contributed by atoms with Gasteiger partial charge in [0.15, 0.2) is 0 Å². The number of alkyl halides is 2. The summed E-state index contributed by atoms with van der Waals surface area (Å²) >= 11 is 0. The van der Waals surface area contributed by atoms with E-state index in [0.717, 1.165) is 29.9 Å². The number of amides is 1. The Labute approximate surface area is 202 Å². The maximum Gasteiger partial charge on any atom is 0.388 e. The van der Waals surface area contributed by atoms with Crippen molar-refractivity contribution in [1.29, 1.82) is 0 Å². The van der Waals surface area contributed by atoms with Crippen molar-refractivity contribution < 1.29 is 18.3 Å². The van der Waals surface area contributed by atoms with E-state index < -0.39 is 12.0 Å². The summed E-state index contributed by atoms with van der Waals surface area (Å²) in [7, 11) is 0. The molecule has 3 aromatic rings. The van der Waals surface area contributed by atoms with Crippen LogP contribution in [0.1, 0.15) is 48.8 Å². The molecule has 1 fully saturated rings. The predicted octanol–water partition coefficient (Wildman–Crippen LogP) is 3.45. The number of aryl methyl sites for hydroxylation is 2. The number of H-pyrrole nitrogens is 1. The molecule has 0 atom stereocenters. The molecule has 2 N–H and O–H groups in total. The minimum absolute atomic E-state index is 0.124. The molecule has 186 valence electrons. The van der Waals surface area contributed by atoms with Gasteiger partial charge in [-0.15, -0.1) is 5.10 Å². The molecule has 9 nitrogen and oxygen atoms in total. The van der Waals surface area contributed by atoms with Crippen LogP contribution in [0.4, 0.5) is 14.5 Å². The quantitative estimate of drug-likeness (QED) is 0.453. The Kier molecular flexibility index (Phi) is 7.34. The van der Waals surface area contributed by atoms with Crippen molar-refractivity contribution in [3.8, 4) is 5.88 Å². The van der Waals surface area contributed by atoms with Crippen LogP contribution in [0.15, 0.2) is 36.4 Å². The molecule has 0 saturated carbocycles. The van der Waals surface area contributed by atoms with Crippen LogP contribution in [0.3, 0.4) is 0 Å². The van der Waals surface area contributed by atoms with Crippen LogP contribution in [0.2, 0.25) is 0 Å². The molecule has 0 spiro atoms. The van der Waals surface area contributed by atoms with E-state index in [-0.39, 0.29) is 23.4 Å². The van der Waals surface area contributed by atoms with Gasteiger partial charge < -0.3 is 15.0 Å². The van der Waals surface area contributed by atoms with Gasteiger partial charge in [0.25, 0.3) is 0 Å². The van der Waals surface area contributed by atoms with Gasteiger partial charge in [0, 0.05) is 25.2 Å². The third-order valence-electron chi connectivity index (χ3n) is 6.25. The second-order valence-corrected chi connectivity index (χ2v) is 9.12. The second-order valence-electron chi connectivity index (χ2n) is 9.12. The molecule has 1 aliphatic heterocycles. The Morgan fingerprint density at radius 1 is 1.23 bits per heavy atom. The minimum Gasteiger partial charge on any atom is -0.415 e. The number of halogens is 2. The minimum atomic E-state index is -3.05. The zero-order valence-corrected chi connectivity index (χ0v) is 20.0. The lowest BCUT2D eigenvalue weighted by Crippen LogP contribution is -2.65. The van der Waals surface area contributed by atoms with E-state index in [1.807, 2.05) is 24.3 Å². The Morgan fingerprint density at radius 3 is 2.69 bits per heavy atom. The van der Waals surface area contributed by atoms with Gasteiger partial charge in [0.1, 0.15) is 11.5 Å². The number of aromatic nitrogens is 5. The van der Waals surface area contributed by atoms with Crippen LogP contribution in [0.25, 0.3) is 0 Å². The van der Waals surface area contributed by atoms with Crippen LogP contribution in [-0.2, 0) is 16.6 Å². The fourth-order valence-electron chi connectivity index (χ4n) is 4.55. The Bertz CT molecular complexity index is 1150. The molecule has 11 heteroatoms. The number of nitrogens with zero attached hydrogens (tertiary/aromatic N) is 5. The summed E-state index contributed by atoms with van der Waals surface area (Å²) in [5, 5.41) is 16.7. The van der Waals surface area contributed by atoms with Gasteiger partial charge in [0.2, 0.25) is 11.8 Å². The van der Waals surface area contributed by atoms with Gasteiger partial charge in [-0.2, -0.15) is 8.78 Å². The molecular weight excluding hydrogens is 456 g/mol. The number of rotatable bonds is 10. The molecule has 4 rings (SSSR count). The number of pyridine rings is 1. The molecule has 3 heterocycles. The van der Waals surface area contributed by atoms with Crippen molar-refractivity contribution in [3.05, 3.63) is 59.0 Å². The number of tetrazole rings is 1. The highest BCUT2D eigenvalue weighted by Gasteiger charge is 2.51. The van der Waals surface area contributed by atoms with Gasteiger partial charge in [0.05, 0.1) is 5.41 Å². The SMILES string of the molecule is Cc1ccc(NC(=O)C2(c3ccccc3C(C)C)CN(CCCc3nnn[nH]3)C2)c(OC(F)F)n1. The molecule has 1 amide bonds. The third kappa shape index (κ3) is 5.45. The molecule has 1 aromatic carbocycles. The number of hydrogen-bond donors (Lipinski definition) is 2. The second kappa shape index (κ2) is 10.4. The first kappa shape index (κ1) is 24.6. The standard InChI is InChI=1S/C24H29F2N7O2/c1-15(2)17-7-4-5-8-18(17)24(13-33(14-24)12-6-9-20-29-31-32-30-20)22(34)28-19-11-10-16(3)27-21(19)35-23(25)26/h4-5,7-8,10-11,15,23H,6,9,12-14H2,1-3H3,(H,28,34)(H,29,30,31,32). The third-order valence-corrected chi connectivity index (χ3v) is 6.25. The van der Waals surface area contributed by atoms with Crippen molar-refractivity contribution in [1.82, 2.24) is 30.5 Å². The summed E-state index contributed by atoms with van der Waals surface area (Å²) in [5.41, 5.74) is 1.83. The largest absolute Gasteiger partial charge is 0.415 e. The molecule has 1 aliphatic rings. The zero-order chi connectivity index (χ0) is 25.0. The van der Waals surface area contributed by atoms with E-state index in [0.29, 0.717) is 25.2 Å². The van der Waals surface area contributed by atoms with Gasteiger partial charge in [-0.25, -0.2) is 10.1 Å². The van der Waals surface area contributed by atoms with E-state index >= 15 is 0 Å². The van der Waals surface area contributed by atoms with Crippen LogP contribution in [0, 0.1) is 6.92 Å². The first-order valence-corrected chi connectivity index (χ1v) is 11.6. The van der Waals surface area contributed by atoms with E-state index in [9.17, 15) is 13.6 Å². The number of aromatic amines is 1. The van der Waals surface area contributed by atoms with E-state index in [4.69, 9.17) is 0 Å². The van der Waals surface area contributed by atoms with Crippen molar-refractivity contribution in [2.75, 3.05) is 25.0 Å². The Balaban J connectivity index is 1.57. The predicted molar refractivity (Wildman–Crippen MR) is 125 cm³/mol. The molecule has 0 radical (unpaired) electrons. The fraction of sp³-hybridized carbons (Fsp3) is 0.458. The summed E-state index contributed by atoms with van der Waals surface area (Å²) in [5.74, 6) is 0.365. The topological polar surface area (TPSA) is 109 Å². The lowest BCUT2D eigenvalue weighted by atomic mass is 9.69. The van der Waals surface area contributed by atoms with Crippen molar-refractivity contribution in [3.63, 3.8) is 0 Å². The maximum absolute atomic E-state index is 13.8. The summed E-state index contributed by atoms with van der Waals surface area (Å²) in [6.45, 7) is 4.57. The molecule has 0 unspecified atom stereocenters. The number of anilines is 1. The normalized spacial score (nSPS) is 15.3. The van der Waals surface area contributed by atoms with Gasteiger partial charge in [-0.05, 0) is 59.5 Å². The smallest absolute Gasteiger partial charge is 0.388 e. The van der Waals surface area contributed by atoms with Gasteiger partial charge in [-0.3, -0.25) is 4.79 Å². The van der Waals surface area contributed by atoms with Crippen LogP contribution >= 0.6 is 0 Å².